The number of rotatable bonds is 9. The Morgan fingerprint density at radius 3 is 2.46 bits per heavy atom. The number of nitrogens with zero attached hydrogens (tertiary/aromatic N) is 1. The number of piperidine rings is 1. The standard InChI is InChI=1S/C19H28N2O5/c1-24-16-8-4-5-9-17(16)26-14-18(22)20-15(19(23)25-2)10-13-21-11-6-3-7-12-21/h4-5,8-9,15H,3,6-7,10-14H2,1-2H3,(H,20,22)/t15-/m0/s1. The van der Waals surface area contributed by atoms with Gasteiger partial charge in [0.2, 0.25) is 0 Å². The minimum atomic E-state index is -0.671. The lowest BCUT2D eigenvalue weighted by Gasteiger charge is -2.27. The summed E-state index contributed by atoms with van der Waals surface area (Å²) in [4.78, 5) is 26.5. The SMILES string of the molecule is COC(=O)[C@H](CCN1CCCCC1)NC(=O)COc1ccccc1OC. The molecule has 1 heterocycles. The second kappa shape index (κ2) is 10.7. The van der Waals surface area contributed by atoms with Crippen LogP contribution in [0.5, 0.6) is 11.5 Å². The Kier molecular flexibility index (Phi) is 8.21. The lowest BCUT2D eigenvalue weighted by molar-refractivity contribution is -0.145. The average molecular weight is 364 g/mol. The van der Waals surface area contributed by atoms with Crippen LogP contribution in [0.1, 0.15) is 25.7 Å². The minimum Gasteiger partial charge on any atom is -0.493 e. The van der Waals surface area contributed by atoms with E-state index in [1.807, 2.05) is 6.07 Å². The lowest BCUT2D eigenvalue weighted by Crippen LogP contribution is -2.45. The largest absolute Gasteiger partial charge is 0.493 e. The van der Waals surface area contributed by atoms with E-state index < -0.39 is 12.0 Å². The van der Waals surface area contributed by atoms with Crippen molar-refractivity contribution in [2.75, 3.05) is 40.5 Å². The van der Waals surface area contributed by atoms with Crippen LogP contribution in [0.15, 0.2) is 24.3 Å². The van der Waals surface area contributed by atoms with Crippen molar-refractivity contribution in [2.45, 2.75) is 31.7 Å². The van der Waals surface area contributed by atoms with Crippen LogP contribution < -0.4 is 14.8 Å². The first kappa shape index (κ1) is 20.0. The van der Waals surface area contributed by atoms with Crippen LogP contribution in [-0.2, 0) is 14.3 Å². The first-order valence-electron chi connectivity index (χ1n) is 8.99. The van der Waals surface area contributed by atoms with Gasteiger partial charge < -0.3 is 24.4 Å². The van der Waals surface area contributed by atoms with Crippen molar-refractivity contribution >= 4 is 11.9 Å². The second-order valence-corrected chi connectivity index (χ2v) is 6.27. The van der Waals surface area contributed by atoms with Crippen molar-refractivity contribution in [3.05, 3.63) is 24.3 Å². The van der Waals surface area contributed by atoms with Gasteiger partial charge in [-0.25, -0.2) is 4.79 Å². The molecule has 0 aliphatic carbocycles. The van der Waals surface area contributed by atoms with Crippen LogP contribution >= 0.6 is 0 Å². The maximum Gasteiger partial charge on any atom is 0.328 e. The molecule has 0 unspecified atom stereocenters. The number of carbonyl (C=O) groups is 2. The number of benzene rings is 1. The van der Waals surface area contributed by atoms with Gasteiger partial charge >= 0.3 is 5.97 Å². The van der Waals surface area contributed by atoms with Crippen molar-refractivity contribution in [1.82, 2.24) is 10.2 Å². The molecule has 2 rings (SSSR count). The van der Waals surface area contributed by atoms with Crippen molar-refractivity contribution in [1.29, 1.82) is 0 Å². The zero-order chi connectivity index (χ0) is 18.8. The number of methoxy groups -OCH3 is 2. The molecule has 1 aliphatic heterocycles. The predicted molar refractivity (Wildman–Crippen MR) is 97.3 cm³/mol. The average Bonchev–Trinajstić information content (AvgIpc) is 2.69. The highest BCUT2D eigenvalue weighted by molar-refractivity contribution is 5.85. The molecule has 26 heavy (non-hydrogen) atoms. The number of nitrogens with one attached hydrogen (secondary N) is 1. The van der Waals surface area contributed by atoms with E-state index in [-0.39, 0.29) is 12.5 Å². The molecule has 0 spiro atoms. The minimum absolute atomic E-state index is 0.197. The van der Waals surface area contributed by atoms with Gasteiger partial charge in [0.25, 0.3) is 5.91 Å². The Morgan fingerprint density at radius 2 is 1.81 bits per heavy atom. The fraction of sp³-hybridized carbons (Fsp3) is 0.579. The van der Waals surface area contributed by atoms with Crippen molar-refractivity contribution < 1.29 is 23.8 Å². The van der Waals surface area contributed by atoms with Gasteiger partial charge in [-0.1, -0.05) is 18.6 Å². The summed E-state index contributed by atoms with van der Waals surface area (Å²) in [6.45, 7) is 2.64. The highest BCUT2D eigenvalue weighted by Gasteiger charge is 2.23. The van der Waals surface area contributed by atoms with E-state index >= 15 is 0 Å². The number of hydrogen-bond donors (Lipinski definition) is 1. The summed E-state index contributed by atoms with van der Waals surface area (Å²) < 4.78 is 15.5. The van der Waals surface area contributed by atoms with Gasteiger partial charge in [-0.05, 0) is 44.5 Å². The first-order chi connectivity index (χ1) is 12.6. The highest BCUT2D eigenvalue weighted by Crippen LogP contribution is 2.25. The molecular formula is C19H28N2O5. The van der Waals surface area contributed by atoms with E-state index in [1.54, 1.807) is 18.2 Å². The van der Waals surface area contributed by atoms with E-state index in [1.165, 1.54) is 33.5 Å². The van der Waals surface area contributed by atoms with Crippen molar-refractivity contribution in [3.63, 3.8) is 0 Å². The number of amides is 1. The molecule has 0 radical (unpaired) electrons. The monoisotopic (exact) mass is 364 g/mol. The Morgan fingerprint density at radius 1 is 1.12 bits per heavy atom. The number of likely N-dealkylation sites (tertiary alicyclic amines) is 1. The number of esters is 1. The van der Waals surface area contributed by atoms with E-state index in [0.717, 1.165) is 19.6 Å². The molecule has 1 fully saturated rings. The number of ether oxygens (including phenoxy) is 3. The topological polar surface area (TPSA) is 77.1 Å². The van der Waals surface area contributed by atoms with Crippen LogP contribution in [-0.4, -0.2) is 63.3 Å². The third-order valence-corrected chi connectivity index (χ3v) is 4.43. The summed E-state index contributed by atoms with van der Waals surface area (Å²) in [6, 6.07) is 6.42. The van der Waals surface area contributed by atoms with Gasteiger partial charge in [0, 0.05) is 6.54 Å². The lowest BCUT2D eigenvalue weighted by atomic mass is 10.1. The fourth-order valence-corrected chi connectivity index (χ4v) is 3.00. The number of para-hydroxylation sites is 2. The molecule has 1 aromatic rings. The molecule has 1 atom stereocenters. The third-order valence-electron chi connectivity index (χ3n) is 4.43. The molecular weight excluding hydrogens is 336 g/mol. The molecule has 7 nitrogen and oxygen atoms in total. The van der Waals surface area contributed by atoms with Gasteiger partial charge in [-0.15, -0.1) is 0 Å². The molecule has 1 aromatic carbocycles. The van der Waals surface area contributed by atoms with E-state index in [4.69, 9.17) is 14.2 Å². The molecule has 0 bridgehead atoms. The summed E-state index contributed by atoms with van der Waals surface area (Å²) in [5.74, 6) is 0.223. The van der Waals surface area contributed by atoms with E-state index in [0.29, 0.717) is 17.9 Å². The molecule has 7 heteroatoms. The molecule has 1 saturated heterocycles. The van der Waals surface area contributed by atoms with Gasteiger partial charge in [-0.3, -0.25) is 4.79 Å². The van der Waals surface area contributed by atoms with Gasteiger partial charge in [-0.2, -0.15) is 0 Å². The van der Waals surface area contributed by atoms with Crippen molar-refractivity contribution in [3.8, 4) is 11.5 Å². The summed E-state index contributed by atoms with van der Waals surface area (Å²) in [5.41, 5.74) is 0. The Bertz CT molecular complexity index is 587. The molecule has 0 saturated carbocycles. The van der Waals surface area contributed by atoms with Crippen molar-refractivity contribution in [2.24, 2.45) is 0 Å². The maximum absolute atomic E-state index is 12.2. The van der Waals surface area contributed by atoms with Gasteiger partial charge in [0.1, 0.15) is 6.04 Å². The Hall–Kier alpha value is -2.28. The maximum atomic E-state index is 12.2. The third kappa shape index (κ3) is 6.22. The summed E-state index contributed by atoms with van der Waals surface area (Å²) in [6.07, 6.45) is 4.14. The summed E-state index contributed by atoms with van der Waals surface area (Å²) in [5, 5.41) is 2.71. The Labute approximate surface area is 154 Å². The molecule has 1 aliphatic rings. The normalized spacial score (nSPS) is 15.8. The summed E-state index contributed by atoms with van der Waals surface area (Å²) >= 11 is 0. The smallest absolute Gasteiger partial charge is 0.328 e. The van der Waals surface area contributed by atoms with Gasteiger partial charge in [0.05, 0.1) is 14.2 Å². The highest BCUT2D eigenvalue weighted by atomic mass is 16.5. The number of carbonyl (C=O) groups excluding carboxylic acids is 2. The zero-order valence-electron chi connectivity index (χ0n) is 15.5. The van der Waals surface area contributed by atoms with Gasteiger partial charge in [0.15, 0.2) is 18.1 Å². The van der Waals surface area contributed by atoms with Crippen LogP contribution in [0.2, 0.25) is 0 Å². The molecule has 0 aromatic heterocycles. The summed E-state index contributed by atoms with van der Waals surface area (Å²) in [7, 11) is 2.86. The predicted octanol–water partition coefficient (Wildman–Crippen LogP) is 1.61. The van der Waals surface area contributed by atoms with Crippen LogP contribution in [0, 0.1) is 0 Å². The Balaban J connectivity index is 1.84. The molecule has 1 N–H and O–H groups in total. The quantitative estimate of drug-likeness (QED) is 0.671. The van der Waals surface area contributed by atoms with E-state index in [9.17, 15) is 9.59 Å². The zero-order valence-corrected chi connectivity index (χ0v) is 15.5. The fourth-order valence-electron chi connectivity index (χ4n) is 3.00. The molecule has 1 amide bonds. The van der Waals surface area contributed by atoms with Crippen LogP contribution in [0.4, 0.5) is 0 Å². The van der Waals surface area contributed by atoms with E-state index in [2.05, 4.69) is 10.2 Å². The first-order valence-corrected chi connectivity index (χ1v) is 8.99. The second-order valence-electron chi connectivity index (χ2n) is 6.27. The molecule has 144 valence electrons. The van der Waals surface area contributed by atoms with Crippen LogP contribution in [0.3, 0.4) is 0 Å². The van der Waals surface area contributed by atoms with Crippen LogP contribution in [0.25, 0.3) is 0 Å². The number of hydrogen-bond acceptors (Lipinski definition) is 6.